The maximum absolute atomic E-state index is 11.1. The van der Waals surface area contributed by atoms with Gasteiger partial charge < -0.3 is 0 Å². The summed E-state index contributed by atoms with van der Waals surface area (Å²) in [7, 11) is -3.89. The number of hydrogen-bond acceptors (Lipinski definition) is 4. The summed E-state index contributed by atoms with van der Waals surface area (Å²) in [6.45, 7) is 3.27. The summed E-state index contributed by atoms with van der Waals surface area (Å²) in [4.78, 5) is 10.8. The quantitative estimate of drug-likeness (QED) is 0.720. The van der Waals surface area contributed by atoms with Crippen LogP contribution in [0.3, 0.4) is 0 Å². The lowest BCUT2D eigenvalue weighted by Crippen LogP contribution is -2.34. The van der Waals surface area contributed by atoms with E-state index in [1.54, 1.807) is 13.8 Å². The molecule has 13 heavy (non-hydrogen) atoms. The largest absolute Gasteiger partial charge is 0.362 e. The Morgan fingerprint density at radius 1 is 1.54 bits per heavy atom. The molecule has 1 amide bonds. The van der Waals surface area contributed by atoms with Crippen molar-refractivity contribution < 1.29 is 17.4 Å². The predicted molar refractivity (Wildman–Crippen MR) is 46.1 cm³/mol. The molecule has 6 heteroatoms. The smallest absolute Gasteiger partial charge is 0.274 e. The third kappa shape index (κ3) is 3.31. The molecule has 5 nitrogen and oxygen atoms in total. The number of carbonyl (C=O) groups is 1. The van der Waals surface area contributed by atoms with E-state index >= 15 is 0 Å². The average molecular weight is 207 g/mol. The van der Waals surface area contributed by atoms with Crippen LogP contribution in [0.4, 0.5) is 0 Å². The van der Waals surface area contributed by atoms with Crippen molar-refractivity contribution >= 4 is 16.2 Å². The van der Waals surface area contributed by atoms with Crippen molar-refractivity contribution in [2.45, 2.75) is 38.7 Å². The molecule has 0 aromatic rings. The van der Waals surface area contributed by atoms with Crippen molar-refractivity contribution in [3.63, 3.8) is 0 Å². The summed E-state index contributed by atoms with van der Waals surface area (Å²) >= 11 is 0. The Morgan fingerprint density at radius 2 is 2.08 bits per heavy atom. The van der Waals surface area contributed by atoms with Gasteiger partial charge in [-0.25, -0.2) is 8.91 Å². The first-order valence-corrected chi connectivity index (χ1v) is 5.54. The SMILES string of the molecule is CCC(=O)NS(=O)(=O)OC1(C)CC1. The molecular formula is C7H13NO4S. The minimum Gasteiger partial charge on any atom is -0.274 e. The lowest BCUT2D eigenvalue weighted by Gasteiger charge is -2.10. The molecule has 1 fully saturated rings. The molecule has 1 saturated carbocycles. The molecule has 0 aromatic heterocycles. The van der Waals surface area contributed by atoms with E-state index in [2.05, 4.69) is 0 Å². The van der Waals surface area contributed by atoms with Gasteiger partial charge in [0.2, 0.25) is 5.91 Å². The molecule has 1 rings (SSSR count). The predicted octanol–water partition coefficient (Wildman–Crippen LogP) is 0.326. The highest BCUT2D eigenvalue weighted by molar-refractivity contribution is 7.85. The maximum atomic E-state index is 11.1. The average Bonchev–Trinajstić information content (AvgIpc) is 2.64. The fourth-order valence-electron chi connectivity index (χ4n) is 0.757. The van der Waals surface area contributed by atoms with E-state index in [1.165, 1.54) is 0 Å². The van der Waals surface area contributed by atoms with Crippen LogP contribution in [0.25, 0.3) is 0 Å². The monoisotopic (exact) mass is 207 g/mol. The van der Waals surface area contributed by atoms with Gasteiger partial charge in [-0.05, 0) is 19.8 Å². The van der Waals surface area contributed by atoms with E-state index in [4.69, 9.17) is 4.18 Å². The second kappa shape index (κ2) is 3.26. The first kappa shape index (κ1) is 10.5. The highest BCUT2D eigenvalue weighted by Crippen LogP contribution is 2.39. The second-order valence-electron chi connectivity index (χ2n) is 3.37. The summed E-state index contributed by atoms with van der Waals surface area (Å²) in [6, 6.07) is 0. The van der Waals surface area contributed by atoms with Crippen molar-refractivity contribution in [1.29, 1.82) is 0 Å². The van der Waals surface area contributed by atoms with Crippen LogP contribution in [0.15, 0.2) is 0 Å². The fraction of sp³-hybridized carbons (Fsp3) is 0.857. The summed E-state index contributed by atoms with van der Waals surface area (Å²) in [5, 5.41) is 0. The van der Waals surface area contributed by atoms with Crippen LogP contribution in [0, 0.1) is 0 Å². The summed E-state index contributed by atoms with van der Waals surface area (Å²) in [5.74, 6) is -0.552. The molecule has 0 radical (unpaired) electrons. The van der Waals surface area contributed by atoms with Gasteiger partial charge in [-0.2, -0.15) is 8.42 Å². The van der Waals surface area contributed by atoms with Gasteiger partial charge in [0.15, 0.2) is 0 Å². The zero-order valence-electron chi connectivity index (χ0n) is 7.66. The summed E-state index contributed by atoms with van der Waals surface area (Å²) < 4.78 is 28.8. The van der Waals surface area contributed by atoms with Gasteiger partial charge in [-0.15, -0.1) is 0 Å². The molecule has 0 atom stereocenters. The lowest BCUT2D eigenvalue weighted by molar-refractivity contribution is -0.119. The third-order valence-corrected chi connectivity index (χ3v) is 2.92. The molecule has 0 aromatic carbocycles. The highest BCUT2D eigenvalue weighted by Gasteiger charge is 2.43. The Morgan fingerprint density at radius 3 is 2.46 bits per heavy atom. The van der Waals surface area contributed by atoms with E-state index in [1.807, 2.05) is 4.72 Å². The van der Waals surface area contributed by atoms with Crippen LogP contribution >= 0.6 is 0 Å². The molecular weight excluding hydrogens is 194 g/mol. The van der Waals surface area contributed by atoms with Crippen molar-refractivity contribution in [2.75, 3.05) is 0 Å². The van der Waals surface area contributed by atoms with E-state index in [-0.39, 0.29) is 6.42 Å². The van der Waals surface area contributed by atoms with Crippen LogP contribution in [0.1, 0.15) is 33.1 Å². The van der Waals surface area contributed by atoms with Gasteiger partial charge in [0.1, 0.15) is 0 Å². The topological polar surface area (TPSA) is 72.5 Å². The Balaban J connectivity index is 2.51. The molecule has 1 aliphatic carbocycles. The Hall–Kier alpha value is -0.620. The minimum absolute atomic E-state index is 0.124. The first-order chi connectivity index (χ1) is 5.87. The Kier molecular flexibility index (Phi) is 2.63. The van der Waals surface area contributed by atoms with Gasteiger partial charge in [-0.1, -0.05) is 6.92 Å². The van der Waals surface area contributed by atoms with E-state index in [9.17, 15) is 13.2 Å². The van der Waals surface area contributed by atoms with Gasteiger partial charge in [0.25, 0.3) is 0 Å². The summed E-state index contributed by atoms with van der Waals surface area (Å²) in [6.07, 6.45) is 1.56. The molecule has 1 N–H and O–H groups in total. The standard InChI is InChI=1S/C7H13NO4S/c1-3-6(9)8-13(10,11)12-7(2)4-5-7/h3-5H2,1-2H3,(H,8,9). The van der Waals surface area contributed by atoms with Gasteiger partial charge in [0.05, 0.1) is 5.60 Å². The fourth-order valence-corrected chi connectivity index (χ4v) is 1.92. The highest BCUT2D eigenvalue weighted by atomic mass is 32.2. The number of rotatable bonds is 4. The van der Waals surface area contributed by atoms with Crippen molar-refractivity contribution in [3.8, 4) is 0 Å². The zero-order chi connectivity index (χ0) is 10.1. The van der Waals surface area contributed by atoms with Crippen LogP contribution in [0.5, 0.6) is 0 Å². The molecule has 0 heterocycles. The van der Waals surface area contributed by atoms with Gasteiger partial charge >= 0.3 is 10.3 Å². The van der Waals surface area contributed by atoms with Gasteiger partial charge in [0, 0.05) is 6.42 Å². The van der Waals surface area contributed by atoms with Crippen LogP contribution in [-0.4, -0.2) is 19.9 Å². The van der Waals surface area contributed by atoms with E-state index in [0.717, 1.165) is 0 Å². The number of amides is 1. The van der Waals surface area contributed by atoms with Crippen molar-refractivity contribution in [1.82, 2.24) is 4.72 Å². The lowest BCUT2D eigenvalue weighted by atomic mass is 10.4. The van der Waals surface area contributed by atoms with Crippen LogP contribution < -0.4 is 4.72 Å². The Labute approximate surface area is 77.7 Å². The number of carbonyl (C=O) groups excluding carboxylic acids is 1. The molecule has 0 saturated heterocycles. The molecule has 1 aliphatic rings. The van der Waals surface area contributed by atoms with Crippen LogP contribution in [-0.2, 0) is 19.3 Å². The van der Waals surface area contributed by atoms with Crippen molar-refractivity contribution in [3.05, 3.63) is 0 Å². The molecule has 0 bridgehead atoms. The van der Waals surface area contributed by atoms with Crippen LogP contribution in [0.2, 0.25) is 0 Å². The number of nitrogens with one attached hydrogen (secondary N) is 1. The minimum atomic E-state index is -3.89. The normalized spacial score (nSPS) is 19.5. The zero-order valence-corrected chi connectivity index (χ0v) is 8.48. The van der Waals surface area contributed by atoms with E-state index in [0.29, 0.717) is 12.8 Å². The molecule has 0 aliphatic heterocycles. The molecule has 0 spiro atoms. The first-order valence-electron chi connectivity index (χ1n) is 4.13. The maximum Gasteiger partial charge on any atom is 0.362 e. The molecule has 0 unspecified atom stereocenters. The third-order valence-electron chi connectivity index (χ3n) is 1.82. The molecule has 76 valence electrons. The van der Waals surface area contributed by atoms with Crippen molar-refractivity contribution in [2.24, 2.45) is 0 Å². The second-order valence-corrected chi connectivity index (χ2v) is 4.65. The number of hydrogen-bond donors (Lipinski definition) is 1. The Bertz CT molecular complexity index is 304. The summed E-state index contributed by atoms with van der Waals surface area (Å²) in [5.41, 5.74) is -0.583. The van der Waals surface area contributed by atoms with Gasteiger partial charge in [-0.3, -0.25) is 4.79 Å². The van der Waals surface area contributed by atoms with E-state index < -0.39 is 21.8 Å².